The van der Waals surface area contributed by atoms with Crippen LogP contribution in [0, 0.1) is 5.92 Å². The molecule has 28 heavy (non-hydrogen) atoms. The number of amides is 1. The maximum Gasteiger partial charge on any atom is 0.309 e. The van der Waals surface area contributed by atoms with Gasteiger partial charge in [-0.3, -0.25) is 14.5 Å². The molecule has 1 atom stereocenters. The lowest BCUT2D eigenvalue weighted by Gasteiger charge is -2.24. The van der Waals surface area contributed by atoms with E-state index in [9.17, 15) is 9.59 Å². The molecule has 0 aliphatic rings. The van der Waals surface area contributed by atoms with Crippen LogP contribution in [0.25, 0.3) is 0 Å². The molecule has 1 unspecified atom stereocenters. The molecule has 0 aromatic heterocycles. The molecular formula is C22H28N2O4. The Morgan fingerprint density at radius 3 is 2.32 bits per heavy atom. The number of hydrogen-bond acceptors (Lipinski definition) is 5. The van der Waals surface area contributed by atoms with Gasteiger partial charge in [0.2, 0.25) is 5.91 Å². The highest BCUT2D eigenvalue weighted by atomic mass is 16.5. The van der Waals surface area contributed by atoms with Gasteiger partial charge in [0.15, 0.2) is 0 Å². The number of benzene rings is 2. The van der Waals surface area contributed by atoms with Gasteiger partial charge < -0.3 is 14.8 Å². The fraction of sp³-hybridized carbons (Fsp3) is 0.364. The zero-order chi connectivity index (χ0) is 20.2. The van der Waals surface area contributed by atoms with Gasteiger partial charge in [-0.15, -0.1) is 0 Å². The Morgan fingerprint density at radius 1 is 1.04 bits per heavy atom. The lowest BCUT2D eigenvalue weighted by atomic mass is 10.1. The molecule has 0 bridgehead atoms. The van der Waals surface area contributed by atoms with E-state index in [1.165, 1.54) is 7.11 Å². The summed E-state index contributed by atoms with van der Waals surface area (Å²) in [5, 5.41) is 2.86. The molecule has 2 rings (SSSR count). The Hall–Kier alpha value is -2.86. The van der Waals surface area contributed by atoms with Crippen molar-refractivity contribution in [3.63, 3.8) is 0 Å². The zero-order valence-corrected chi connectivity index (χ0v) is 16.5. The summed E-state index contributed by atoms with van der Waals surface area (Å²) < 4.78 is 10.4. The number of carbonyl (C=O) groups excluding carboxylic acids is 2. The van der Waals surface area contributed by atoms with Crippen LogP contribution in [-0.2, 0) is 20.9 Å². The van der Waals surface area contributed by atoms with E-state index < -0.39 is 0 Å². The Bertz CT molecular complexity index is 722. The molecule has 6 nitrogen and oxygen atoms in total. The second-order valence-electron chi connectivity index (χ2n) is 6.59. The first-order valence-electron chi connectivity index (χ1n) is 9.37. The number of para-hydroxylation sites is 1. The third-order valence-corrected chi connectivity index (χ3v) is 4.19. The number of carbonyl (C=O) groups is 2. The molecule has 0 radical (unpaired) electrons. The first-order chi connectivity index (χ1) is 13.6. The standard InChI is InChI=1S/C22H28N2O4/c1-18(22(26)27-2)15-24(16-19-9-5-3-6-10-19)17-21(25)23-13-14-28-20-11-7-4-8-12-20/h3-12,18H,13-17H2,1-2H3,(H,23,25). The summed E-state index contributed by atoms with van der Waals surface area (Å²) in [5.74, 6) is 0.0664. The van der Waals surface area contributed by atoms with Gasteiger partial charge in [0, 0.05) is 13.1 Å². The van der Waals surface area contributed by atoms with Crippen molar-refractivity contribution in [3.8, 4) is 5.75 Å². The number of ether oxygens (including phenoxy) is 2. The minimum Gasteiger partial charge on any atom is -0.492 e. The molecular weight excluding hydrogens is 356 g/mol. The normalized spacial score (nSPS) is 11.7. The lowest BCUT2D eigenvalue weighted by molar-refractivity contribution is -0.145. The third-order valence-electron chi connectivity index (χ3n) is 4.19. The quantitative estimate of drug-likeness (QED) is 0.476. The zero-order valence-electron chi connectivity index (χ0n) is 16.5. The van der Waals surface area contributed by atoms with Crippen molar-refractivity contribution in [2.24, 2.45) is 5.92 Å². The maximum atomic E-state index is 12.4. The highest BCUT2D eigenvalue weighted by molar-refractivity contribution is 5.78. The number of nitrogens with one attached hydrogen (secondary N) is 1. The van der Waals surface area contributed by atoms with Crippen LogP contribution in [-0.4, -0.2) is 50.1 Å². The minimum atomic E-state index is -0.317. The highest BCUT2D eigenvalue weighted by Gasteiger charge is 2.19. The van der Waals surface area contributed by atoms with E-state index in [0.29, 0.717) is 26.2 Å². The second kappa shape index (κ2) is 11.8. The Kier molecular flexibility index (Phi) is 9.01. The first kappa shape index (κ1) is 21.4. The Balaban J connectivity index is 1.83. The lowest BCUT2D eigenvalue weighted by Crippen LogP contribution is -2.41. The number of nitrogens with zero attached hydrogens (tertiary/aromatic N) is 1. The van der Waals surface area contributed by atoms with Crippen LogP contribution in [0.1, 0.15) is 12.5 Å². The summed E-state index contributed by atoms with van der Waals surface area (Å²) >= 11 is 0. The van der Waals surface area contributed by atoms with Crippen LogP contribution in [0.2, 0.25) is 0 Å². The van der Waals surface area contributed by atoms with Gasteiger partial charge in [0.05, 0.1) is 26.1 Å². The topological polar surface area (TPSA) is 67.9 Å². The fourth-order valence-corrected chi connectivity index (χ4v) is 2.82. The van der Waals surface area contributed by atoms with Crippen molar-refractivity contribution in [2.75, 3.05) is 33.4 Å². The molecule has 0 spiro atoms. The van der Waals surface area contributed by atoms with E-state index in [1.54, 1.807) is 6.92 Å². The molecule has 0 aliphatic heterocycles. The molecule has 1 N–H and O–H groups in total. The number of esters is 1. The maximum absolute atomic E-state index is 12.4. The van der Waals surface area contributed by atoms with E-state index >= 15 is 0 Å². The van der Waals surface area contributed by atoms with Crippen LogP contribution < -0.4 is 10.1 Å². The molecule has 0 saturated heterocycles. The first-order valence-corrected chi connectivity index (χ1v) is 9.37. The van der Waals surface area contributed by atoms with Crippen molar-refractivity contribution in [1.82, 2.24) is 10.2 Å². The smallest absolute Gasteiger partial charge is 0.309 e. The van der Waals surface area contributed by atoms with Gasteiger partial charge in [0.25, 0.3) is 0 Å². The summed E-state index contributed by atoms with van der Waals surface area (Å²) in [6.45, 7) is 3.83. The molecule has 0 heterocycles. The van der Waals surface area contributed by atoms with Crippen LogP contribution in [0.3, 0.4) is 0 Å². The van der Waals surface area contributed by atoms with Crippen LogP contribution in [0.4, 0.5) is 0 Å². The fourth-order valence-electron chi connectivity index (χ4n) is 2.82. The monoisotopic (exact) mass is 384 g/mol. The van der Waals surface area contributed by atoms with Crippen molar-refractivity contribution >= 4 is 11.9 Å². The van der Waals surface area contributed by atoms with Crippen molar-refractivity contribution in [2.45, 2.75) is 13.5 Å². The number of rotatable bonds is 11. The number of hydrogen-bond donors (Lipinski definition) is 1. The van der Waals surface area contributed by atoms with Crippen molar-refractivity contribution in [1.29, 1.82) is 0 Å². The Labute approximate surface area is 166 Å². The van der Waals surface area contributed by atoms with E-state index in [2.05, 4.69) is 5.32 Å². The largest absolute Gasteiger partial charge is 0.492 e. The molecule has 150 valence electrons. The molecule has 0 saturated carbocycles. The van der Waals surface area contributed by atoms with Gasteiger partial charge in [-0.2, -0.15) is 0 Å². The third kappa shape index (κ3) is 7.80. The van der Waals surface area contributed by atoms with Gasteiger partial charge in [0.1, 0.15) is 12.4 Å². The average Bonchev–Trinajstić information content (AvgIpc) is 2.72. The summed E-state index contributed by atoms with van der Waals surface area (Å²) in [4.78, 5) is 26.1. The predicted octanol–water partition coefficient (Wildman–Crippen LogP) is 2.49. The summed E-state index contributed by atoms with van der Waals surface area (Å²) in [7, 11) is 1.37. The highest BCUT2D eigenvalue weighted by Crippen LogP contribution is 2.09. The SMILES string of the molecule is COC(=O)C(C)CN(CC(=O)NCCOc1ccccc1)Cc1ccccc1. The summed E-state index contributed by atoms with van der Waals surface area (Å²) in [6, 6.07) is 19.3. The van der Waals surface area contributed by atoms with Crippen molar-refractivity contribution in [3.05, 3.63) is 66.2 Å². The van der Waals surface area contributed by atoms with Gasteiger partial charge in [-0.25, -0.2) is 0 Å². The van der Waals surface area contributed by atoms with E-state index in [-0.39, 0.29) is 24.3 Å². The number of methoxy groups -OCH3 is 1. The summed E-state index contributed by atoms with van der Waals surface area (Å²) in [5.41, 5.74) is 1.08. The second-order valence-corrected chi connectivity index (χ2v) is 6.59. The van der Waals surface area contributed by atoms with E-state index in [1.807, 2.05) is 65.6 Å². The van der Waals surface area contributed by atoms with E-state index in [0.717, 1.165) is 11.3 Å². The molecule has 1 amide bonds. The van der Waals surface area contributed by atoms with Gasteiger partial charge in [-0.1, -0.05) is 55.5 Å². The van der Waals surface area contributed by atoms with Gasteiger partial charge >= 0.3 is 5.97 Å². The Morgan fingerprint density at radius 2 is 1.68 bits per heavy atom. The van der Waals surface area contributed by atoms with Crippen LogP contribution >= 0.6 is 0 Å². The minimum absolute atomic E-state index is 0.107. The molecule has 6 heteroatoms. The van der Waals surface area contributed by atoms with Crippen LogP contribution in [0.15, 0.2) is 60.7 Å². The molecule has 0 fully saturated rings. The predicted molar refractivity (Wildman–Crippen MR) is 108 cm³/mol. The molecule has 2 aromatic rings. The summed E-state index contributed by atoms with van der Waals surface area (Å²) in [6.07, 6.45) is 0. The van der Waals surface area contributed by atoms with Crippen molar-refractivity contribution < 1.29 is 19.1 Å². The average molecular weight is 384 g/mol. The van der Waals surface area contributed by atoms with Crippen LogP contribution in [0.5, 0.6) is 5.75 Å². The molecule has 0 aliphatic carbocycles. The molecule has 2 aromatic carbocycles. The van der Waals surface area contributed by atoms with E-state index in [4.69, 9.17) is 9.47 Å². The van der Waals surface area contributed by atoms with Gasteiger partial charge in [-0.05, 0) is 17.7 Å².